The van der Waals surface area contributed by atoms with Crippen LogP contribution in [-0.4, -0.2) is 21.7 Å². The van der Waals surface area contributed by atoms with Gasteiger partial charge in [-0.3, -0.25) is 9.79 Å². The van der Waals surface area contributed by atoms with Gasteiger partial charge in [0.05, 0.1) is 6.04 Å². The fraction of sp³-hybridized carbons (Fsp3) is 0.400. The Balaban J connectivity index is 1.91. The van der Waals surface area contributed by atoms with Crippen molar-refractivity contribution in [1.29, 1.82) is 0 Å². The molecule has 1 heterocycles. The van der Waals surface area contributed by atoms with Gasteiger partial charge >= 0.3 is 0 Å². The number of carbonyl (C=O) groups is 1. The Bertz CT molecular complexity index is 708. The molecule has 2 aromatic rings. The molecule has 0 atom stereocenters. The summed E-state index contributed by atoms with van der Waals surface area (Å²) in [5.41, 5.74) is 6.74. The lowest BCUT2D eigenvalue weighted by molar-refractivity contribution is 0.100. The lowest BCUT2D eigenvalue weighted by Crippen LogP contribution is -2.15. The number of rotatable bonds is 3. The van der Waals surface area contributed by atoms with E-state index in [0.29, 0.717) is 11.6 Å². The summed E-state index contributed by atoms with van der Waals surface area (Å²) >= 11 is 1.58. The highest BCUT2D eigenvalue weighted by Crippen LogP contribution is 2.22. The first-order chi connectivity index (χ1) is 10.1. The Kier molecular flexibility index (Phi) is 3.88. The minimum absolute atomic E-state index is 0.414. The zero-order chi connectivity index (χ0) is 14.8. The molecule has 3 rings (SSSR count). The highest BCUT2D eigenvalue weighted by atomic mass is 32.1. The number of aromatic nitrogens is 2. The first kappa shape index (κ1) is 14.0. The Morgan fingerprint density at radius 1 is 1.33 bits per heavy atom. The number of aryl methyl sites for hydroxylation is 1. The van der Waals surface area contributed by atoms with Crippen molar-refractivity contribution in [2.75, 3.05) is 0 Å². The molecule has 1 aliphatic rings. The molecule has 1 amide bonds. The summed E-state index contributed by atoms with van der Waals surface area (Å²) in [7, 11) is 1.92. The number of hydrogen-bond acceptors (Lipinski definition) is 4. The van der Waals surface area contributed by atoms with Crippen LogP contribution in [0.25, 0.3) is 10.6 Å². The minimum atomic E-state index is -0.414. The smallest absolute Gasteiger partial charge is 0.248 e. The van der Waals surface area contributed by atoms with Crippen LogP contribution in [0.2, 0.25) is 0 Å². The Hall–Kier alpha value is -1.95. The van der Waals surface area contributed by atoms with E-state index in [1.54, 1.807) is 23.5 Å². The highest BCUT2D eigenvalue weighted by Gasteiger charge is 2.14. The zero-order valence-corrected chi connectivity index (χ0v) is 12.8. The molecule has 110 valence electrons. The van der Waals surface area contributed by atoms with Crippen molar-refractivity contribution in [3.05, 3.63) is 34.6 Å². The molecule has 0 aliphatic heterocycles. The summed E-state index contributed by atoms with van der Waals surface area (Å²) in [5, 5.41) is 5.43. The van der Waals surface area contributed by atoms with Gasteiger partial charge in [0.15, 0.2) is 0 Å². The van der Waals surface area contributed by atoms with E-state index in [4.69, 9.17) is 10.7 Å². The molecular weight excluding hydrogens is 284 g/mol. The second-order valence-electron chi connectivity index (χ2n) is 5.32. The zero-order valence-electron chi connectivity index (χ0n) is 12.0. The van der Waals surface area contributed by atoms with Gasteiger partial charge in [0.25, 0.3) is 0 Å². The standard InChI is InChI=1S/C15H18N4OS/c1-19-15(17-12-4-2-3-5-12)21-14(18-19)11-8-6-10(7-9-11)13(16)20/h6-9,12H,2-5H2,1H3,(H2,16,20)/b17-15+. The molecule has 21 heavy (non-hydrogen) atoms. The molecule has 1 aromatic carbocycles. The van der Waals surface area contributed by atoms with Gasteiger partial charge in [-0.1, -0.05) is 36.3 Å². The van der Waals surface area contributed by atoms with Crippen molar-refractivity contribution >= 4 is 17.2 Å². The van der Waals surface area contributed by atoms with Gasteiger partial charge in [-0.2, -0.15) is 5.10 Å². The van der Waals surface area contributed by atoms with E-state index in [9.17, 15) is 4.79 Å². The van der Waals surface area contributed by atoms with E-state index in [2.05, 4.69) is 5.10 Å². The van der Waals surface area contributed by atoms with Gasteiger partial charge in [-0.25, -0.2) is 4.68 Å². The molecule has 0 saturated heterocycles. The van der Waals surface area contributed by atoms with Crippen LogP contribution < -0.4 is 10.5 Å². The molecule has 1 aromatic heterocycles. The van der Waals surface area contributed by atoms with Crippen molar-refractivity contribution in [3.63, 3.8) is 0 Å². The predicted octanol–water partition coefficient (Wildman–Crippen LogP) is 2.09. The molecule has 6 heteroatoms. The van der Waals surface area contributed by atoms with Gasteiger partial charge in [0.1, 0.15) is 5.01 Å². The van der Waals surface area contributed by atoms with Crippen LogP contribution in [-0.2, 0) is 7.05 Å². The van der Waals surface area contributed by atoms with Crippen LogP contribution in [0.4, 0.5) is 0 Å². The van der Waals surface area contributed by atoms with Gasteiger partial charge < -0.3 is 5.73 Å². The fourth-order valence-electron chi connectivity index (χ4n) is 2.55. The lowest BCUT2D eigenvalue weighted by atomic mass is 10.1. The van der Waals surface area contributed by atoms with Crippen LogP contribution in [0.5, 0.6) is 0 Å². The van der Waals surface area contributed by atoms with E-state index >= 15 is 0 Å². The molecule has 0 radical (unpaired) electrons. The van der Waals surface area contributed by atoms with Crippen molar-refractivity contribution in [2.45, 2.75) is 31.7 Å². The number of hydrogen-bond donors (Lipinski definition) is 1. The maximum absolute atomic E-state index is 11.1. The first-order valence-electron chi connectivity index (χ1n) is 7.12. The Morgan fingerprint density at radius 3 is 2.62 bits per heavy atom. The summed E-state index contributed by atoms with van der Waals surface area (Å²) in [6.07, 6.45) is 4.91. The third-order valence-corrected chi connectivity index (χ3v) is 4.80. The molecular formula is C15H18N4OS. The minimum Gasteiger partial charge on any atom is -0.366 e. The molecule has 1 aliphatic carbocycles. The van der Waals surface area contributed by atoms with E-state index in [1.807, 2.05) is 23.9 Å². The SMILES string of the molecule is Cn1nc(-c2ccc(C(N)=O)cc2)s/c1=N/C1CCCC1. The van der Waals surface area contributed by atoms with E-state index in [-0.39, 0.29) is 0 Å². The molecule has 0 spiro atoms. The lowest BCUT2D eigenvalue weighted by Gasteiger charge is -1.98. The molecule has 0 unspecified atom stereocenters. The summed E-state index contributed by atoms with van der Waals surface area (Å²) < 4.78 is 1.83. The normalized spacial score (nSPS) is 16.5. The van der Waals surface area contributed by atoms with Crippen molar-refractivity contribution in [2.24, 2.45) is 17.8 Å². The highest BCUT2D eigenvalue weighted by molar-refractivity contribution is 7.12. The second-order valence-corrected chi connectivity index (χ2v) is 6.28. The average Bonchev–Trinajstić information content (AvgIpc) is 3.10. The number of nitrogens with two attached hydrogens (primary N) is 1. The molecule has 1 fully saturated rings. The third-order valence-electron chi connectivity index (χ3n) is 3.74. The van der Waals surface area contributed by atoms with E-state index in [0.717, 1.165) is 15.4 Å². The third kappa shape index (κ3) is 3.05. The van der Waals surface area contributed by atoms with Crippen molar-refractivity contribution in [1.82, 2.24) is 9.78 Å². The van der Waals surface area contributed by atoms with Crippen LogP contribution in [0.15, 0.2) is 29.3 Å². The van der Waals surface area contributed by atoms with Crippen LogP contribution >= 0.6 is 11.3 Å². The Labute approximate surface area is 127 Å². The average molecular weight is 302 g/mol. The largest absolute Gasteiger partial charge is 0.366 e. The monoisotopic (exact) mass is 302 g/mol. The predicted molar refractivity (Wildman–Crippen MR) is 82.9 cm³/mol. The quantitative estimate of drug-likeness (QED) is 0.943. The second kappa shape index (κ2) is 5.81. The van der Waals surface area contributed by atoms with Gasteiger partial charge in [-0.05, 0) is 25.0 Å². The summed E-state index contributed by atoms with van der Waals surface area (Å²) in [4.78, 5) is 16.8. The van der Waals surface area contributed by atoms with Crippen LogP contribution in [0, 0.1) is 0 Å². The topological polar surface area (TPSA) is 73.3 Å². The van der Waals surface area contributed by atoms with Gasteiger partial charge in [-0.15, -0.1) is 0 Å². The van der Waals surface area contributed by atoms with Gasteiger partial charge in [0.2, 0.25) is 10.7 Å². The molecule has 0 bridgehead atoms. The maximum Gasteiger partial charge on any atom is 0.248 e. The molecule has 1 saturated carbocycles. The van der Waals surface area contributed by atoms with Crippen LogP contribution in [0.3, 0.4) is 0 Å². The Morgan fingerprint density at radius 2 is 2.00 bits per heavy atom. The first-order valence-corrected chi connectivity index (χ1v) is 7.93. The fourth-order valence-corrected chi connectivity index (χ4v) is 3.51. The summed E-state index contributed by atoms with van der Waals surface area (Å²) in [5.74, 6) is -0.414. The van der Waals surface area contributed by atoms with Crippen LogP contribution in [0.1, 0.15) is 36.0 Å². The summed E-state index contributed by atoms with van der Waals surface area (Å²) in [6.45, 7) is 0. The molecule has 2 N–H and O–H groups in total. The number of nitrogens with zero attached hydrogens (tertiary/aromatic N) is 3. The van der Waals surface area contributed by atoms with Gasteiger partial charge in [0, 0.05) is 18.2 Å². The maximum atomic E-state index is 11.1. The summed E-state index contributed by atoms with van der Waals surface area (Å²) in [6, 6.07) is 7.65. The van der Waals surface area contributed by atoms with Crippen molar-refractivity contribution < 1.29 is 4.79 Å². The van der Waals surface area contributed by atoms with E-state index < -0.39 is 5.91 Å². The number of primary amides is 1. The van der Waals surface area contributed by atoms with Crippen molar-refractivity contribution in [3.8, 4) is 10.6 Å². The number of benzene rings is 1. The number of carbonyl (C=O) groups excluding carboxylic acids is 1. The van der Waals surface area contributed by atoms with E-state index in [1.165, 1.54) is 25.7 Å². The molecule has 5 nitrogen and oxygen atoms in total. The number of amides is 1.